The van der Waals surface area contributed by atoms with Gasteiger partial charge in [0.15, 0.2) is 0 Å². The van der Waals surface area contributed by atoms with Crippen LogP contribution in [0.2, 0.25) is 0 Å². The summed E-state index contributed by atoms with van der Waals surface area (Å²) in [5.41, 5.74) is 5.39. The summed E-state index contributed by atoms with van der Waals surface area (Å²) in [5.74, 6) is -0.282. The van der Waals surface area contributed by atoms with Crippen LogP contribution in [0.5, 0.6) is 0 Å². The average molecular weight is 222 g/mol. The van der Waals surface area contributed by atoms with Crippen LogP contribution in [0, 0.1) is 10.1 Å². The summed E-state index contributed by atoms with van der Waals surface area (Å²) in [6, 6.07) is 1.44. The largest absolute Gasteiger partial charge is 0.378 e. The minimum Gasteiger partial charge on any atom is -0.378 e. The summed E-state index contributed by atoms with van der Waals surface area (Å²) in [6.45, 7) is 0.489. The van der Waals surface area contributed by atoms with Gasteiger partial charge in [-0.3, -0.25) is 14.9 Å². The predicted molar refractivity (Wildman–Crippen MR) is 56.9 cm³/mol. The molecule has 2 heterocycles. The molecule has 0 spiro atoms. The van der Waals surface area contributed by atoms with Crippen LogP contribution in [0.15, 0.2) is 12.3 Å². The second kappa shape index (κ2) is 3.76. The molecule has 1 saturated heterocycles. The fraction of sp³-hybridized carbons (Fsp3) is 0.333. The number of carbonyl (C=O) groups is 1. The maximum absolute atomic E-state index is 11.5. The number of nitro groups is 1. The van der Waals surface area contributed by atoms with Gasteiger partial charge in [0.1, 0.15) is 5.69 Å². The lowest BCUT2D eigenvalue weighted by molar-refractivity contribution is -0.383. The van der Waals surface area contributed by atoms with E-state index < -0.39 is 4.92 Å². The number of pyridine rings is 1. The number of rotatable bonds is 2. The number of amides is 1. The molecular weight excluding hydrogens is 212 g/mol. The topological polar surface area (TPSA) is 102 Å². The fourth-order valence-electron chi connectivity index (χ4n) is 1.77. The Balaban J connectivity index is 2.51. The van der Waals surface area contributed by atoms with Gasteiger partial charge < -0.3 is 10.6 Å². The number of nitrogen functional groups attached to an aromatic ring is 1. The predicted octanol–water partition coefficient (Wildman–Crippen LogP) is 0.699. The summed E-state index contributed by atoms with van der Waals surface area (Å²) in [7, 11) is 0. The lowest BCUT2D eigenvalue weighted by Crippen LogP contribution is -2.25. The molecule has 0 saturated carbocycles. The molecule has 2 rings (SSSR count). The zero-order valence-corrected chi connectivity index (χ0v) is 8.42. The van der Waals surface area contributed by atoms with Crippen molar-refractivity contribution in [1.82, 2.24) is 4.98 Å². The van der Waals surface area contributed by atoms with Gasteiger partial charge in [-0.2, -0.15) is 0 Å². The van der Waals surface area contributed by atoms with Crippen LogP contribution in [-0.2, 0) is 4.79 Å². The van der Waals surface area contributed by atoms with Gasteiger partial charge in [0.25, 0.3) is 0 Å². The van der Waals surface area contributed by atoms with Crippen LogP contribution in [0.25, 0.3) is 0 Å². The minimum absolute atomic E-state index is 0.117. The van der Waals surface area contributed by atoms with E-state index in [4.69, 9.17) is 5.73 Å². The van der Waals surface area contributed by atoms with Gasteiger partial charge in [0.2, 0.25) is 11.7 Å². The van der Waals surface area contributed by atoms with Crippen LogP contribution in [0.3, 0.4) is 0 Å². The Kier molecular flexibility index (Phi) is 2.43. The summed E-state index contributed by atoms with van der Waals surface area (Å²) < 4.78 is 0. The third-order valence-electron chi connectivity index (χ3n) is 2.48. The van der Waals surface area contributed by atoms with E-state index in [0.717, 1.165) is 0 Å². The smallest absolute Gasteiger partial charge is 0.334 e. The van der Waals surface area contributed by atoms with Crippen molar-refractivity contribution in [3.8, 4) is 0 Å². The van der Waals surface area contributed by atoms with E-state index in [0.29, 0.717) is 19.4 Å². The second-order valence-electron chi connectivity index (χ2n) is 3.47. The Labute approximate surface area is 91.0 Å². The number of nitrogens with zero attached hydrogens (tertiary/aromatic N) is 3. The molecule has 7 nitrogen and oxygen atoms in total. The summed E-state index contributed by atoms with van der Waals surface area (Å²) in [5, 5.41) is 10.9. The third kappa shape index (κ3) is 1.56. The van der Waals surface area contributed by atoms with E-state index in [1.807, 2.05) is 0 Å². The van der Waals surface area contributed by atoms with E-state index in [2.05, 4.69) is 4.98 Å². The Morgan fingerprint density at radius 1 is 1.56 bits per heavy atom. The molecule has 1 aromatic heterocycles. The molecule has 1 amide bonds. The highest BCUT2D eigenvalue weighted by Crippen LogP contribution is 2.34. The highest BCUT2D eigenvalue weighted by atomic mass is 16.6. The Hall–Kier alpha value is -2.18. The first-order chi connectivity index (χ1) is 7.61. The van der Waals surface area contributed by atoms with E-state index in [1.54, 1.807) is 0 Å². The normalized spacial score (nSPS) is 15.5. The first-order valence-corrected chi connectivity index (χ1v) is 4.80. The Bertz CT molecular complexity index is 460. The molecule has 1 aliphatic heterocycles. The van der Waals surface area contributed by atoms with Gasteiger partial charge in [-0.1, -0.05) is 0 Å². The van der Waals surface area contributed by atoms with Crippen LogP contribution in [0.4, 0.5) is 17.2 Å². The van der Waals surface area contributed by atoms with Crippen molar-refractivity contribution in [2.45, 2.75) is 12.8 Å². The summed E-state index contributed by atoms with van der Waals surface area (Å²) in [6.07, 6.45) is 2.49. The van der Waals surface area contributed by atoms with E-state index in [1.165, 1.54) is 17.2 Å². The van der Waals surface area contributed by atoms with Gasteiger partial charge in [-0.15, -0.1) is 0 Å². The highest BCUT2D eigenvalue weighted by Gasteiger charge is 2.30. The van der Waals surface area contributed by atoms with Crippen LogP contribution in [0.1, 0.15) is 12.8 Å². The number of nitrogens with two attached hydrogens (primary N) is 1. The lowest BCUT2D eigenvalue weighted by atomic mass is 10.3. The zero-order chi connectivity index (χ0) is 11.7. The van der Waals surface area contributed by atoms with Gasteiger partial charge >= 0.3 is 5.69 Å². The van der Waals surface area contributed by atoms with E-state index in [-0.39, 0.29) is 23.1 Å². The van der Waals surface area contributed by atoms with Crippen molar-refractivity contribution in [2.24, 2.45) is 0 Å². The molecule has 7 heteroatoms. The molecule has 0 atom stereocenters. The van der Waals surface area contributed by atoms with Gasteiger partial charge in [0, 0.05) is 19.2 Å². The van der Waals surface area contributed by atoms with Gasteiger partial charge in [-0.25, -0.2) is 4.98 Å². The SMILES string of the molecule is Nc1nccc(N2CCCC2=O)c1[N+](=O)[O-]. The molecular formula is C9H10N4O3. The fourth-order valence-corrected chi connectivity index (χ4v) is 1.77. The maximum atomic E-state index is 11.5. The van der Waals surface area contributed by atoms with Crippen LogP contribution < -0.4 is 10.6 Å². The summed E-state index contributed by atoms with van der Waals surface area (Å²) in [4.78, 5) is 26.8. The number of hydrogen-bond acceptors (Lipinski definition) is 5. The molecule has 0 aromatic carbocycles. The Morgan fingerprint density at radius 2 is 2.31 bits per heavy atom. The molecule has 1 aromatic rings. The monoisotopic (exact) mass is 222 g/mol. The molecule has 1 fully saturated rings. The van der Waals surface area contributed by atoms with Gasteiger partial charge in [0.05, 0.1) is 4.92 Å². The van der Waals surface area contributed by atoms with Crippen molar-refractivity contribution >= 4 is 23.1 Å². The molecule has 0 bridgehead atoms. The molecule has 16 heavy (non-hydrogen) atoms. The van der Waals surface area contributed by atoms with Crippen molar-refractivity contribution in [2.75, 3.05) is 17.2 Å². The maximum Gasteiger partial charge on any atom is 0.334 e. The van der Waals surface area contributed by atoms with E-state index >= 15 is 0 Å². The molecule has 1 aliphatic rings. The number of carbonyl (C=O) groups excluding carboxylic acids is 1. The summed E-state index contributed by atoms with van der Waals surface area (Å²) >= 11 is 0. The number of anilines is 2. The Morgan fingerprint density at radius 3 is 2.88 bits per heavy atom. The van der Waals surface area contributed by atoms with Crippen LogP contribution in [-0.4, -0.2) is 22.4 Å². The molecule has 0 radical (unpaired) electrons. The second-order valence-corrected chi connectivity index (χ2v) is 3.47. The van der Waals surface area contributed by atoms with Crippen molar-refractivity contribution in [3.63, 3.8) is 0 Å². The molecule has 84 valence electrons. The first-order valence-electron chi connectivity index (χ1n) is 4.80. The quantitative estimate of drug-likeness (QED) is 0.586. The first kappa shape index (κ1) is 10.3. The minimum atomic E-state index is -0.608. The van der Waals surface area contributed by atoms with E-state index in [9.17, 15) is 14.9 Å². The molecule has 0 unspecified atom stereocenters. The highest BCUT2D eigenvalue weighted by molar-refractivity contribution is 5.98. The van der Waals surface area contributed by atoms with Crippen molar-refractivity contribution in [1.29, 1.82) is 0 Å². The van der Waals surface area contributed by atoms with Gasteiger partial charge in [-0.05, 0) is 12.5 Å². The van der Waals surface area contributed by atoms with Crippen LogP contribution >= 0.6 is 0 Å². The molecule has 0 aliphatic carbocycles. The number of aromatic nitrogens is 1. The van der Waals surface area contributed by atoms with Crippen molar-refractivity contribution < 1.29 is 9.72 Å². The standard InChI is InChI=1S/C9H10N4O3/c10-9-8(13(15)16)6(3-4-11-9)12-5-1-2-7(12)14/h3-4H,1-2,5H2,(H2,10,11). The third-order valence-corrected chi connectivity index (χ3v) is 2.48. The zero-order valence-electron chi connectivity index (χ0n) is 8.42. The number of hydrogen-bond donors (Lipinski definition) is 1. The molecule has 2 N–H and O–H groups in total. The lowest BCUT2D eigenvalue weighted by Gasteiger charge is -2.15. The average Bonchev–Trinajstić information content (AvgIpc) is 2.63. The van der Waals surface area contributed by atoms with Crippen molar-refractivity contribution in [3.05, 3.63) is 22.4 Å².